The van der Waals surface area contributed by atoms with Gasteiger partial charge in [0.25, 0.3) is 0 Å². The highest BCUT2D eigenvalue weighted by molar-refractivity contribution is 4.95. The first-order valence-electron chi connectivity index (χ1n) is 5.64. The third-order valence-electron chi connectivity index (χ3n) is 3.10. The Labute approximate surface area is 86.3 Å². The summed E-state index contributed by atoms with van der Waals surface area (Å²) in [5, 5.41) is 0. The van der Waals surface area contributed by atoms with Gasteiger partial charge in [0.15, 0.2) is 0 Å². The zero-order valence-corrected chi connectivity index (χ0v) is 8.87. The van der Waals surface area contributed by atoms with Crippen molar-refractivity contribution in [3.05, 3.63) is 12.4 Å². The molecule has 2 fully saturated rings. The molecule has 3 nitrogen and oxygen atoms in total. The summed E-state index contributed by atoms with van der Waals surface area (Å²) in [5.41, 5.74) is 0. The van der Waals surface area contributed by atoms with E-state index in [0.717, 1.165) is 26.3 Å². The van der Waals surface area contributed by atoms with E-state index < -0.39 is 0 Å². The van der Waals surface area contributed by atoms with Gasteiger partial charge in [-0.25, -0.2) is 0 Å². The van der Waals surface area contributed by atoms with Crippen LogP contribution in [0.1, 0.15) is 19.3 Å². The van der Waals surface area contributed by atoms with Crippen molar-refractivity contribution in [2.45, 2.75) is 19.3 Å². The number of piperidine rings is 1. The summed E-state index contributed by atoms with van der Waals surface area (Å²) in [6.45, 7) is 10.3. The fraction of sp³-hybridized carbons (Fsp3) is 0.818. The van der Waals surface area contributed by atoms with Crippen LogP contribution >= 0.6 is 0 Å². The van der Waals surface area contributed by atoms with E-state index in [1.54, 1.807) is 0 Å². The van der Waals surface area contributed by atoms with E-state index in [1.807, 2.05) is 0 Å². The first-order chi connectivity index (χ1) is 6.88. The molecular formula is C11H20N2O. The van der Waals surface area contributed by atoms with Gasteiger partial charge in [0.05, 0.1) is 19.0 Å². The highest BCUT2D eigenvalue weighted by atomic mass is 16.5. The number of hydrogen-bond donors (Lipinski definition) is 0. The number of rotatable bonds is 2. The maximum absolute atomic E-state index is 5.34. The molecule has 14 heavy (non-hydrogen) atoms. The molecule has 0 atom stereocenters. The molecule has 0 aromatic heterocycles. The van der Waals surface area contributed by atoms with Gasteiger partial charge in [-0.2, -0.15) is 0 Å². The molecule has 0 aliphatic carbocycles. The van der Waals surface area contributed by atoms with Crippen molar-refractivity contribution in [3.63, 3.8) is 0 Å². The van der Waals surface area contributed by atoms with E-state index in [-0.39, 0.29) is 0 Å². The zero-order chi connectivity index (χ0) is 9.80. The minimum atomic E-state index is 0.854. The number of morpholine rings is 1. The quantitative estimate of drug-likeness (QED) is 0.661. The van der Waals surface area contributed by atoms with Gasteiger partial charge >= 0.3 is 0 Å². The number of hydrogen-bond acceptors (Lipinski definition) is 3. The monoisotopic (exact) mass is 196 g/mol. The Morgan fingerprint density at radius 3 is 2.07 bits per heavy atom. The normalized spacial score (nSPS) is 23.7. The average molecular weight is 196 g/mol. The summed E-state index contributed by atoms with van der Waals surface area (Å²) in [6.07, 6.45) is 4.03. The average Bonchev–Trinajstić information content (AvgIpc) is 2.30. The summed E-state index contributed by atoms with van der Waals surface area (Å²) in [7, 11) is 0. The molecule has 0 spiro atoms. The second-order valence-electron chi connectivity index (χ2n) is 4.06. The number of ether oxygens (including phenoxy) is 1. The molecule has 2 saturated heterocycles. The largest absolute Gasteiger partial charge is 0.378 e. The Bertz CT molecular complexity index is 173. The Balaban J connectivity index is 1.85. The van der Waals surface area contributed by atoms with Crippen molar-refractivity contribution in [1.29, 1.82) is 0 Å². The molecule has 2 aliphatic rings. The smallest absolute Gasteiger partial charge is 0.0966 e. The van der Waals surface area contributed by atoms with Gasteiger partial charge in [-0.15, -0.1) is 0 Å². The minimum Gasteiger partial charge on any atom is -0.378 e. The third-order valence-corrected chi connectivity index (χ3v) is 3.10. The molecule has 0 aromatic rings. The molecular weight excluding hydrogens is 176 g/mol. The first-order valence-corrected chi connectivity index (χ1v) is 5.64. The Morgan fingerprint density at radius 1 is 0.857 bits per heavy atom. The molecule has 2 heterocycles. The van der Waals surface area contributed by atoms with E-state index in [4.69, 9.17) is 4.74 Å². The lowest BCUT2D eigenvalue weighted by Gasteiger charge is -2.39. The number of likely N-dealkylation sites (tertiary alicyclic amines) is 1. The van der Waals surface area contributed by atoms with Crippen molar-refractivity contribution in [2.75, 3.05) is 39.4 Å². The number of nitrogens with zero attached hydrogens (tertiary/aromatic N) is 2. The summed E-state index contributed by atoms with van der Waals surface area (Å²) in [6, 6.07) is 0. The van der Waals surface area contributed by atoms with Crippen molar-refractivity contribution in [3.8, 4) is 0 Å². The molecule has 0 amide bonds. The van der Waals surface area contributed by atoms with E-state index in [0.29, 0.717) is 0 Å². The summed E-state index contributed by atoms with van der Waals surface area (Å²) < 4.78 is 5.34. The van der Waals surface area contributed by atoms with Gasteiger partial charge < -0.3 is 14.5 Å². The molecule has 3 heteroatoms. The highest BCUT2D eigenvalue weighted by Gasteiger charge is 2.18. The fourth-order valence-electron chi connectivity index (χ4n) is 2.17. The molecule has 80 valence electrons. The molecule has 2 rings (SSSR count). The van der Waals surface area contributed by atoms with Crippen LogP contribution in [0.15, 0.2) is 12.4 Å². The maximum atomic E-state index is 5.34. The molecule has 0 unspecified atom stereocenters. The molecule has 0 saturated carbocycles. The van der Waals surface area contributed by atoms with Crippen LogP contribution in [0, 0.1) is 0 Å². The van der Waals surface area contributed by atoms with Crippen LogP contribution in [0.3, 0.4) is 0 Å². The fourth-order valence-corrected chi connectivity index (χ4v) is 2.17. The second kappa shape index (κ2) is 4.69. The lowest BCUT2D eigenvalue weighted by molar-refractivity contribution is 0.0358. The van der Waals surface area contributed by atoms with Crippen LogP contribution in [0.25, 0.3) is 0 Å². The van der Waals surface area contributed by atoms with E-state index in [9.17, 15) is 0 Å². The SMILES string of the molecule is C=C(N1CCCCC1)N1CCOCC1. The van der Waals surface area contributed by atoms with Gasteiger partial charge in [-0.1, -0.05) is 6.58 Å². The van der Waals surface area contributed by atoms with Crippen LogP contribution in [-0.4, -0.2) is 49.2 Å². The lowest BCUT2D eigenvalue weighted by Crippen LogP contribution is -2.43. The van der Waals surface area contributed by atoms with Gasteiger partial charge in [0.1, 0.15) is 0 Å². The van der Waals surface area contributed by atoms with Crippen LogP contribution in [-0.2, 0) is 4.74 Å². The van der Waals surface area contributed by atoms with E-state index in [2.05, 4.69) is 16.4 Å². The van der Waals surface area contributed by atoms with Gasteiger partial charge in [0, 0.05) is 26.2 Å². The Hall–Kier alpha value is -0.700. The highest BCUT2D eigenvalue weighted by Crippen LogP contribution is 2.17. The van der Waals surface area contributed by atoms with Crippen LogP contribution in [0.4, 0.5) is 0 Å². The third kappa shape index (κ3) is 2.21. The van der Waals surface area contributed by atoms with Gasteiger partial charge in [-0.05, 0) is 19.3 Å². The van der Waals surface area contributed by atoms with E-state index in [1.165, 1.54) is 38.2 Å². The summed E-state index contributed by atoms with van der Waals surface area (Å²) in [4.78, 5) is 4.78. The summed E-state index contributed by atoms with van der Waals surface area (Å²) >= 11 is 0. The first kappa shape index (κ1) is 9.84. The van der Waals surface area contributed by atoms with Crippen molar-refractivity contribution in [2.24, 2.45) is 0 Å². The topological polar surface area (TPSA) is 15.7 Å². The van der Waals surface area contributed by atoms with Crippen molar-refractivity contribution >= 4 is 0 Å². The van der Waals surface area contributed by atoms with Gasteiger partial charge in [0.2, 0.25) is 0 Å². The minimum absolute atomic E-state index is 0.854. The molecule has 0 aromatic carbocycles. The van der Waals surface area contributed by atoms with Crippen LogP contribution in [0.5, 0.6) is 0 Å². The lowest BCUT2D eigenvalue weighted by atomic mass is 10.1. The maximum Gasteiger partial charge on any atom is 0.0966 e. The van der Waals surface area contributed by atoms with Gasteiger partial charge in [-0.3, -0.25) is 0 Å². The Morgan fingerprint density at radius 2 is 1.43 bits per heavy atom. The van der Waals surface area contributed by atoms with Crippen molar-refractivity contribution in [1.82, 2.24) is 9.80 Å². The molecule has 2 aliphatic heterocycles. The molecule has 0 N–H and O–H groups in total. The predicted octanol–water partition coefficient (Wildman–Crippen LogP) is 1.28. The van der Waals surface area contributed by atoms with Crippen LogP contribution < -0.4 is 0 Å². The second-order valence-corrected chi connectivity index (χ2v) is 4.06. The van der Waals surface area contributed by atoms with Crippen molar-refractivity contribution < 1.29 is 4.74 Å². The van der Waals surface area contributed by atoms with E-state index >= 15 is 0 Å². The standard InChI is InChI=1S/C11H20N2O/c1-11(12-5-3-2-4-6-12)13-7-9-14-10-8-13/h1-10H2. The predicted molar refractivity (Wildman–Crippen MR) is 57.0 cm³/mol. The Kier molecular flexibility index (Phi) is 3.30. The molecule has 0 bridgehead atoms. The zero-order valence-electron chi connectivity index (χ0n) is 8.87. The summed E-state index contributed by atoms with van der Waals surface area (Å²) in [5.74, 6) is 1.22. The van der Waals surface area contributed by atoms with Crippen LogP contribution in [0.2, 0.25) is 0 Å². The molecule has 0 radical (unpaired) electrons.